The van der Waals surface area contributed by atoms with Gasteiger partial charge in [0, 0.05) is 20.2 Å². The standard InChI is InChI=1S/C13H19N3OSi/c1-17-12-9-16(10-12)13-8-14-7-11(15-13)5-6-18(2,3)4/h7-8,12H,9-10H2,1-4H3. The van der Waals surface area contributed by atoms with Gasteiger partial charge in [-0.2, -0.15) is 0 Å². The van der Waals surface area contributed by atoms with Crippen LogP contribution in [-0.2, 0) is 4.74 Å². The van der Waals surface area contributed by atoms with E-state index in [1.807, 2.05) is 0 Å². The molecule has 1 fully saturated rings. The van der Waals surface area contributed by atoms with Gasteiger partial charge in [0.15, 0.2) is 0 Å². The van der Waals surface area contributed by atoms with Crippen molar-refractivity contribution in [2.24, 2.45) is 0 Å². The van der Waals surface area contributed by atoms with Gasteiger partial charge in [0.25, 0.3) is 0 Å². The van der Waals surface area contributed by atoms with Gasteiger partial charge in [-0.05, 0) is 0 Å². The Kier molecular flexibility index (Phi) is 3.69. The van der Waals surface area contributed by atoms with Crippen molar-refractivity contribution >= 4 is 13.9 Å². The third kappa shape index (κ3) is 3.31. The molecular weight excluding hydrogens is 242 g/mol. The first-order valence-corrected chi connectivity index (χ1v) is 9.61. The zero-order valence-corrected chi connectivity index (χ0v) is 12.4. The molecule has 1 aliphatic rings. The first kappa shape index (κ1) is 13.1. The topological polar surface area (TPSA) is 38.2 Å². The smallest absolute Gasteiger partial charge is 0.148 e. The lowest BCUT2D eigenvalue weighted by molar-refractivity contribution is 0.0782. The second-order valence-corrected chi connectivity index (χ2v) is 10.3. The van der Waals surface area contributed by atoms with Gasteiger partial charge in [-0.1, -0.05) is 25.6 Å². The van der Waals surface area contributed by atoms with E-state index in [4.69, 9.17) is 4.74 Å². The Hall–Kier alpha value is -1.38. The number of methoxy groups -OCH3 is 1. The van der Waals surface area contributed by atoms with E-state index in [-0.39, 0.29) is 0 Å². The van der Waals surface area contributed by atoms with Gasteiger partial charge in [-0.3, -0.25) is 4.98 Å². The number of hydrogen-bond donors (Lipinski definition) is 0. The summed E-state index contributed by atoms with van der Waals surface area (Å²) in [5, 5.41) is 0. The minimum Gasteiger partial charge on any atom is -0.378 e. The fourth-order valence-corrected chi connectivity index (χ4v) is 2.10. The first-order chi connectivity index (χ1) is 8.48. The number of aromatic nitrogens is 2. The summed E-state index contributed by atoms with van der Waals surface area (Å²) in [5.74, 6) is 4.03. The summed E-state index contributed by atoms with van der Waals surface area (Å²) < 4.78 is 5.25. The average molecular weight is 261 g/mol. The Bertz CT molecular complexity index is 481. The zero-order chi connectivity index (χ0) is 13.2. The monoisotopic (exact) mass is 261 g/mol. The number of hydrogen-bond acceptors (Lipinski definition) is 4. The van der Waals surface area contributed by atoms with E-state index in [9.17, 15) is 0 Å². The van der Waals surface area contributed by atoms with Crippen LogP contribution in [0.25, 0.3) is 0 Å². The van der Waals surface area contributed by atoms with Crippen molar-refractivity contribution in [2.75, 3.05) is 25.1 Å². The van der Waals surface area contributed by atoms with E-state index in [1.165, 1.54) is 0 Å². The third-order valence-corrected chi connectivity index (χ3v) is 3.57. The van der Waals surface area contributed by atoms with Crippen LogP contribution in [0.1, 0.15) is 5.69 Å². The minimum atomic E-state index is -1.36. The molecule has 0 saturated carbocycles. The molecule has 0 N–H and O–H groups in total. The van der Waals surface area contributed by atoms with Crippen LogP contribution in [0.2, 0.25) is 19.6 Å². The molecule has 2 rings (SSSR count). The first-order valence-electron chi connectivity index (χ1n) is 6.11. The largest absolute Gasteiger partial charge is 0.378 e. The Morgan fingerprint density at radius 1 is 1.33 bits per heavy atom. The predicted molar refractivity (Wildman–Crippen MR) is 75.3 cm³/mol. The summed E-state index contributed by atoms with van der Waals surface area (Å²) in [6, 6.07) is 0. The summed E-state index contributed by atoms with van der Waals surface area (Å²) in [6.45, 7) is 8.42. The van der Waals surface area contributed by atoms with Gasteiger partial charge in [-0.25, -0.2) is 4.98 Å². The maximum absolute atomic E-state index is 5.25. The van der Waals surface area contributed by atoms with E-state index >= 15 is 0 Å². The van der Waals surface area contributed by atoms with Gasteiger partial charge in [0.2, 0.25) is 0 Å². The van der Waals surface area contributed by atoms with E-state index in [2.05, 4.69) is 46.0 Å². The highest BCUT2D eigenvalue weighted by atomic mass is 28.3. The van der Waals surface area contributed by atoms with Crippen molar-refractivity contribution in [2.45, 2.75) is 25.7 Å². The highest BCUT2D eigenvalue weighted by molar-refractivity contribution is 6.83. The summed E-state index contributed by atoms with van der Waals surface area (Å²) in [6.07, 6.45) is 3.83. The lowest BCUT2D eigenvalue weighted by Gasteiger charge is -2.38. The lowest BCUT2D eigenvalue weighted by Crippen LogP contribution is -2.52. The van der Waals surface area contributed by atoms with E-state index in [0.29, 0.717) is 6.10 Å². The molecule has 5 heteroatoms. The fourth-order valence-electron chi connectivity index (χ4n) is 1.59. The SMILES string of the molecule is COC1CN(c2cncc(C#C[Si](C)(C)C)n2)C1. The van der Waals surface area contributed by atoms with Gasteiger partial charge in [-0.15, -0.1) is 5.54 Å². The molecule has 1 aromatic rings. The Balaban J connectivity index is 2.08. The highest BCUT2D eigenvalue weighted by Gasteiger charge is 2.27. The second-order valence-electron chi connectivity index (χ2n) is 5.53. The van der Waals surface area contributed by atoms with E-state index in [1.54, 1.807) is 19.5 Å². The molecular formula is C13H19N3OSi. The van der Waals surface area contributed by atoms with E-state index in [0.717, 1.165) is 24.6 Å². The number of nitrogens with zero attached hydrogens (tertiary/aromatic N) is 3. The fraction of sp³-hybridized carbons (Fsp3) is 0.538. The number of anilines is 1. The van der Waals surface area contributed by atoms with Crippen molar-refractivity contribution in [1.82, 2.24) is 9.97 Å². The Morgan fingerprint density at radius 3 is 2.67 bits per heavy atom. The quantitative estimate of drug-likeness (QED) is 0.598. The summed E-state index contributed by atoms with van der Waals surface area (Å²) in [4.78, 5) is 10.9. The van der Waals surface area contributed by atoms with Crippen molar-refractivity contribution < 1.29 is 4.74 Å². The molecule has 0 unspecified atom stereocenters. The molecule has 96 valence electrons. The molecule has 0 spiro atoms. The molecule has 0 radical (unpaired) electrons. The van der Waals surface area contributed by atoms with Gasteiger partial charge < -0.3 is 9.64 Å². The maximum atomic E-state index is 5.25. The molecule has 0 atom stereocenters. The molecule has 0 aliphatic carbocycles. The molecule has 0 amide bonds. The molecule has 1 aliphatic heterocycles. The van der Waals surface area contributed by atoms with Crippen LogP contribution in [0.5, 0.6) is 0 Å². The summed E-state index contributed by atoms with van der Waals surface area (Å²) >= 11 is 0. The van der Waals surface area contributed by atoms with Gasteiger partial charge in [0.05, 0.1) is 18.5 Å². The van der Waals surface area contributed by atoms with Crippen molar-refractivity contribution in [3.8, 4) is 11.5 Å². The van der Waals surface area contributed by atoms with E-state index < -0.39 is 8.07 Å². The minimum absolute atomic E-state index is 0.323. The molecule has 1 aromatic heterocycles. The van der Waals surface area contributed by atoms with Crippen molar-refractivity contribution in [3.05, 3.63) is 18.1 Å². The second kappa shape index (κ2) is 5.08. The van der Waals surface area contributed by atoms with Crippen LogP contribution in [0.4, 0.5) is 5.82 Å². The van der Waals surface area contributed by atoms with Crippen LogP contribution in [0.3, 0.4) is 0 Å². The van der Waals surface area contributed by atoms with Crippen LogP contribution in [-0.4, -0.2) is 44.3 Å². The predicted octanol–water partition coefficient (Wildman–Crippen LogP) is 1.54. The lowest BCUT2D eigenvalue weighted by atomic mass is 10.2. The van der Waals surface area contributed by atoms with Gasteiger partial charge >= 0.3 is 0 Å². The Labute approximate surface area is 109 Å². The van der Waals surface area contributed by atoms with Crippen LogP contribution in [0, 0.1) is 11.5 Å². The zero-order valence-electron chi connectivity index (χ0n) is 11.4. The van der Waals surface area contributed by atoms with Gasteiger partial charge in [0.1, 0.15) is 19.6 Å². The molecule has 4 nitrogen and oxygen atoms in total. The molecule has 0 bridgehead atoms. The van der Waals surface area contributed by atoms with Crippen LogP contribution in [0.15, 0.2) is 12.4 Å². The average Bonchev–Trinajstić information content (AvgIpc) is 2.25. The van der Waals surface area contributed by atoms with Crippen LogP contribution < -0.4 is 4.90 Å². The molecule has 1 saturated heterocycles. The molecule has 2 heterocycles. The molecule has 0 aromatic carbocycles. The van der Waals surface area contributed by atoms with Crippen molar-refractivity contribution in [3.63, 3.8) is 0 Å². The van der Waals surface area contributed by atoms with Crippen LogP contribution >= 0.6 is 0 Å². The Morgan fingerprint density at radius 2 is 2.06 bits per heavy atom. The van der Waals surface area contributed by atoms with Crippen molar-refractivity contribution in [1.29, 1.82) is 0 Å². The number of ether oxygens (including phenoxy) is 1. The summed E-state index contributed by atoms with van der Waals surface area (Å²) in [5.41, 5.74) is 4.06. The normalized spacial score (nSPS) is 15.9. The molecule has 18 heavy (non-hydrogen) atoms. The third-order valence-electron chi connectivity index (χ3n) is 2.69. The number of rotatable bonds is 2. The maximum Gasteiger partial charge on any atom is 0.148 e. The summed E-state index contributed by atoms with van der Waals surface area (Å²) in [7, 11) is 0.381. The highest BCUT2D eigenvalue weighted by Crippen LogP contribution is 2.18.